The first-order valence-corrected chi connectivity index (χ1v) is 6.03. The van der Waals surface area contributed by atoms with E-state index in [4.69, 9.17) is 4.74 Å². The molecule has 4 heteroatoms. The van der Waals surface area contributed by atoms with E-state index in [0.29, 0.717) is 6.73 Å². The largest absolute Gasteiger partial charge is 0.364 e. The summed E-state index contributed by atoms with van der Waals surface area (Å²) in [4.78, 5) is 4.42. The van der Waals surface area contributed by atoms with Crippen LogP contribution in [-0.2, 0) is 18.0 Å². The number of ether oxygens (including phenoxy) is 1. The normalized spacial score (nSPS) is 15.6. The number of hydrogen-bond donors (Lipinski definition) is 1. The molecule has 90 valence electrons. The first-order valence-electron chi connectivity index (χ1n) is 6.03. The fourth-order valence-corrected chi connectivity index (χ4v) is 2.12. The van der Waals surface area contributed by atoms with Crippen LogP contribution in [0.3, 0.4) is 0 Å². The minimum absolute atomic E-state index is 0.553. The molecule has 0 amide bonds. The molecule has 2 aromatic rings. The SMILES string of the molecule is COCn1cc(CNC2CC2)c2cccnc21. The minimum atomic E-state index is 0.553. The molecule has 1 fully saturated rings. The topological polar surface area (TPSA) is 39.1 Å². The highest BCUT2D eigenvalue weighted by atomic mass is 16.5. The van der Waals surface area contributed by atoms with Gasteiger partial charge in [0.05, 0.1) is 0 Å². The van der Waals surface area contributed by atoms with Crippen molar-refractivity contribution in [2.24, 2.45) is 0 Å². The van der Waals surface area contributed by atoms with Gasteiger partial charge in [-0.05, 0) is 30.5 Å². The van der Waals surface area contributed by atoms with Gasteiger partial charge in [0.25, 0.3) is 0 Å². The molecule has 4 nitrogen and oxygen atoms in total. The lowest BCUT2D eigenvalue weighted by atomic mass is 10.2. The molecule has 0 atom stereocenters. The zero-order chi connectivity index (χ0) is 11.7. The fourth-order valence-electron chi connectivity index (χ4n) is 2.12. The molecular formula is C13H17N3O. The number of nitrogens with zero attached hydrogens (tertiary/aromatic N) is 2. The lowest BCUT2D eigenvalue weighted by Crippen LogP contribution is -2.14. The van der Waals surface area contributed by atoms with Gasteiger partial charge in [0.1, 0.15) is 12.4 Å². The third kappa shape index (κ3) is 2.18. The predicted molar refractivity (Wildman–Crippen MR) is 66.6 cm³/mol. The van der Waals surface area contributed by atoms with Crippen molar-refractivity contribution in [3.05, 3.63) is 30.1 Å². The van der Waals surface area contributed by atoms with Crippen LogP contribution in [-0.4, -0.2) is 22.7 Å². The molecule has 0 unspecified atom stereocenters. The summed E-state index contributed by atoms with van der Waals surface area (Å²) >= 11 is 0. The van der Waals surface area contributed by atoms with E-state index >= 15 is 0 Å². The molecule has 2 heterocycles. The Balaban J connectivity index is 1.92. The first-order chi connectivity index (χ1) is 8.38. The molecule has 1 aliphatic rings. The lowest BCUT2D eigenvalue weighted by Gasteiger charge is -2.00. The number of pyridine rings is 1. The third-order valence-corrected chi connectivity index (χ3v) is 3.14. The Morgan fingerprint density at radius 2 is 2.41 bits per heavy atom. The maximum atomic E-state index is 5.19. The monoisotopic (exact) mass is 231 g/mol. The third-order valence-electron chi connectivity index (χ3n) is 3.14. The Morgan fingerprint density at radius 1 is 1.53 bits per heavy atom. The second-order valence-electron chi connectivity index (χ2n) is 4.57. The Labute approximate surface area is 101 Å². The van der Waals surface area contributed by atoms with Crippen LogP contribution in [0.5, 0.6) is 0 Å². The highest BCUT2D eigenvalue weighted by molar-refractivity contribution is 5.80. The molecule has 1 saturated carbocycles. The summed E-state index contributed by atoms with van der Waals surface area (Å²) in [6.45, 7) is 1.47. The summed E-state index contributed by atoms with van der Waals surface area (Å²) < 4.78 is 7.24. The predicted octanol–water partition coefficient (Wildman–Crippen LogP) is 1.89. The average molecular weight is 231 g/mol. The van der Waals surface area contributed by atoms with Gasteiger partial charge in [-0.1, -0.05) is 0 Å². The first kappa shape index (κ1) is 10.7. The molecule has 1 N–H and O–H groups in total. The summed E-state index contributed by atoms with van der Waals surface area (Å²) in [5.74, 6) is 0. The molecule has 0 saturated heterocycles. The van der Waals surface area contributed by atoms with Gasteiger partial charge >= 0.3 is 0 Å². The van der Waals surface area contributed by atoms with Gasteiger partial charge in [0.2, 0.25) is 0 Å². The minimum Gasteiger partial charge on any atom is -0.364 e. The van der Waals surface area contributed by atoms with Gasteiger partial charge in [0, 0.05) is 37.5 Å². The van der Waals surface area contributed by atoms with Crippen molar-refractivity contribution in [1.82, 2.24) is 14.9 Å². The summed E-state index contributed by atoms with van der Waals surface area (Å²) in [5, 5.41) is 4.76. The van der Waals surface area contributed by atoms with Crippen LogP contribution in [0.2, 0.25) is 0 Å². The second kappa shape index (κ2) is 4.47. The number of methoxy groups -OCH3 is 1. The molecule has 0 spiro atoms. The fraction of sp³-hybridized carbons (Fsp3) is 0.462. The van der Waals surface area contributed by atoms with Gasteiger partial charge in [-0.25, -0.2) is 4.98 Å². The molecule has 17 heavy (non-hydrogen) atoms. The van der Waals surface area contributed by atoms with Crippen LogP contribution in [0.25, 0.3) is 11.0 Å². The van der Waals surface area contributed by atoms with Gasteiger partial charge in [0.15, 0.2) is 0 Å². The summed E-state index contributed by atoms with van der Waals surface area (Å²) in [7, 11) is 1.71. The summed E-state index contributed by atoms with van der Waals surface area (Å²) in [6, 6.07) is 4.84. The van der Waals surface area contributed by atoms with Crippen molar-refractivity contribution < 1.29 is 4.74 Å². The maximum Gasteiger partial charge on any atom is 0.142 e. The molecular weight excluding hydrogens is 214 g/mol. The van der Waals surface area contributed by atoms with Crippen LogP contribution >= 0.6 is 0 Å². The number of rotatable bonds is 5. The Kier molecular flexibility index (Phi) is 2.82. The quantitative estimate of drug-likeness (QED) is 0.854. The highest BCUT2D eigenvalue weighted by Crippen LogP contribution is 2.22. The van der Waals surface area contributed by atoms with Gasteiger partial charge in [-0.2, -0.15) is 0 Å². The molecule has 0 bridgehead atoms. The number of hydrogen-bond acceptors (Lipinski definition) is 3. The van der Waals surface area contributed by atoms with E-state index in [1.54, 1.807) is 7.11 Å². The van der Waals surface area contributed by atoms with E-state index in [2.05, 4.69) is 27.1 Å². The highest BCUT2D eigenvalue weighted by Gasteiger charge is 2.20. The number of nitrogens with one attached hydrogen (secondary N) is 1. The van der Waals surface area contributed by atoms with E-state index in [1.807, 2.05) is 12.3 Å². The second-order valence-corrected chi connectivity index (χ2v) is 4.57. The number of aromatic nitrogens is 2. The van der Waals surface area contributed by atoms with Crippen molar-refractivity contribution in [1.29, 1.82) is 0 Å². The Morgan fingerprint density at radius 3 is 3.18 bits per heavy atom. The summed E-state index contributed by atoms with van der Waals surface area (Å²) in [6.07, 6.45) is 6.59. The van der Waals surface area contributed by atoms with Crippen molar-refractivity contribution >= 4 is 11.0 Å². The smallest absolute Gasteiger partial charge is 0.142 e. The molecule has 0 radical (unpaired) electrons. The van der Waals surface area contributed by atoms with Crippen LogP contribution < -0.4 is 5.32 Å². The van der Waals surface area contributed by atoms with E-state index in [0.717, 1.165) is 18.2 Å². The zero-order valence-electron chi connectivity index (χ0n) is 10.0. The van der Waals surface area contributed by atoms with Crippen LogP contribution in [0.1, 0.15) is 18.4 Å². The van der Waals surface area contributed by atoms with E-state index in [9.17, 15) is 0 Å². The van der Waals surface area contributed by atoms with Gasteiger partial charge in [-0.15, -0.1) is 0 Å². The van der Waals surface area contributed by atoms with E-state index in [-0.39, 0.29) is 0 Å². The molecule has 2 aromatic heterocycles. The molecule has 1 aliphatic carbocycles. The van der Waals surface area contributed by atoms with E-state index < -0.39 is 0 Å². The Bertz CT molecular complexity index is 516. The van der Waals surface area contributed by atoms with Crippen LogP contribution in [0, 0.1) is 0 Å². The summed E-state index contributed by atoms with van der Waals surface area (Å²) in [5.41, 5.74) is 2.30. The van der Waals surface area contributed by atoms with Crippen LogP contribution in [0.4, 0.5) is 0 Å². The van der Waals surface area contributed by atoms with Crippen molar-refractivity contribution in [2.45, 2.75) is 32.2 Å². The van der Waals surface area contributed by atoms with Gasteiger partial charge < -0.3 is 14.6 Å². The van der Waals surface area contributed by atoms with Crippen molar-refractivity contribution in [3.8, 4) is 0 Å². The maximum absolute atomic E-state index is 5.19. The van der Waals surface area contributed by atoms with Gasteiger partial charge in [-0.3, -0.25) is 0 Å². The zero-order valence-corrected chi connectivity index (χ0v) is 10.0. The lowest BCUT2D eigenvalue weighted by molar-refractivity contribution is 0.134. The number of fused-ring (bicyclic) bond motifs is 1. The van der Waals surface area contributed by atoms with Crippen molar-refractivity contribution in [3.63, 3.8) is 0 Å². The Hall–Kier alpha value is -1.39. The van der Waals surface area contributed by atoms with Crippen molar-refractivity contribution in [2.75, 3.05) is 7.11 Å². The molecule has 0 aliphatic heterocycles. The average Bonchev–Trinajstić information content (AvgIpc) is 3.12. The van der Waals surface area contributed by atoms with Crippen LogP contribution in [0.15, 0.2) is 24.5 Å². The standard InChI is InChI=1S/C13H17N3O/c1-17-9-16-8-10(7-15-11-4-5-11)12-3-2-6-14-13(12)16/h2-3,6,8,11,15H,4-5,7,9H2,1H3. The molecule has 3 rings (SSSR count). The van der Waals surface area contributed by atoms with E-state index in [1.165, 1.54) is 23.8 Å². The molecule has 0 aromatic carbocycles.